The van der Waals surface area contributed by atoms with Crippen LogP contribution in [0.4, 0.5) is 0 Å². The molecule has 0 saturated carbocycles. The zero-order valence-corrected chi connectivity index (χ0v) is 26.3. The molecule has 0 radical (unpaired) electrons. The van der Waals surface area contributed by atoms with Crippen molar-refractivity contribution in [3.63, 3.8) is 0 Å². The van der Waals surface area contributed by atoms with E-state index >= 15 is 0 Å². The van der Waals surface area contributed by atoms with E-state index in [0.717, 1.165) is 39.6 Å². The van der Waals surface area contributed by atoms with Crippen molar-refractivity contribution >= 4 is 39.6 Å². The molecule has 0 fully saturated rings. The normalized spacial score (nSPS) is 11.4. The SMILES string of the molecule is NS(=O)(=O)c1ccc(CN(CCSc2ccccc2)Cc2ccc(SNC(=O)c3ccc(-c4ccccn4)cc3)cc2)cc1. The molecule has 0 saturated heterocycles. The number of nitrogens with zero attached hydrogens (tertiary/aromatic N) is 2. The molecule has 1 heterocycles. The van der Waals surface area contributed by atoms with Gasteiger partial charge in [0.25, 0.3) is 5.91 Å². The van der Waals surface area contributed by atoms with Gasteiger partial charge in [-0.15, -0.1) is 11.8 Å². The number of carbonyl (C=O) groups excluding carboxylic acids is 1. The first-order valence-electron chi connectivity index (χ1n) is 13.9. The first kappa shape index (κ1) is 31.5. The van der Waals surface area contributed by atoms with Crippen molar-refractivity contribution in [2.75, 3.05) is 12.3 Å². The van der Waals surface area contributed by atoms with E-state index in [2.05, 4.69) is 38.9 Å². The predicted octanol–water partition coefficient (Wildman–Crippen LogP) is 6.63. The molecule has 0 unspecified atom stereocenters. The maximum atomic E-state index is 12.7. The van der Waals surface area contributed by atoms with Gasteiger partial charge in [-0.2, -0.15) is 0 Å². The minimum absolute atomic E-state index is 0.106. The molecule has 0 spiro atoms. The maximum absolute atomic E-state index is 12.7. The van der Waals surface area contributed by atoms with Crippen LogP contribution in [0, 0.1) is 0 Å². The smallest absolute Gasteiger partial charge is 0.261 e. The largest absolute Gasteiger partial charge is 0.294 e. The third kappa shape index (κ3) is 9.28. The Morgan fingerprint density at radius 1 is 0.750 bits per heavy atom. The Labute approximate surface area is 267 Å². The van der Waals surface area contributed by atoms with E-state index in [4.69, 9.17) is 5.14 Å². The number of aromatic nitrogens is 1. The van der Waals surface area contributed by atoms with Crippen molar-refractivity contribution in [1.29, 1.82) is 0 Å². The number of hydrogen-bond donors (Lipinski definition) is 2. The molecule has 7 nitrogen and oxygen atoms in total. The van der Waals surface area contributed by atoms with Gasteiger partial charge in [0.05, 0.1) is 10.6 Å². The number of nitrogens with one attached hydrogen (secondary N) is 1. The van der Waals surface area contributed by atoms with Gasteiger partial charge in [0, 0.05) is 52.5 Å². The van der Waals surface area contributed by atoms with Crippen LogP contribution in [0.5, 0.6) is 0 Å². The van der Waals surface area contributed by atoms with Gasteiger partial charge in [0.15, 0.2) is 0 Å². The van der Waals surface area contributed by atoms with E-state index in [-0.39, 0.29) is 10.8 Å². The lowest BCUT2D eigenvalue weighted by molar-refractivity contribution is 0.0984. The highest BCUT2D eigenvalue weighted by Crippen LogP contribution is 2.22. The summed E-state index contributed by atoms with van der Waals surface area (Å²) in [5.41, 5.74) is 4.54. The summed E-state index contributed by atoms with van der Waals surface area (Å²) in [7, 11) is -3.73. The summed E-state index contributed by atoms with van der Waals surface area (Å²) in [5.74, 6) is 0.740. The summed E-state index contributed by atoms with van der Waals surface area (Å²) in [5, 5.41) is 5.27. The lowest BCUT2D eigenvalue weighted by Crippen LogP contribution is -2.25. The quantitative estimate of drug-likeness (QED) is 0.110. The number of pyridine rings is 1. The lowest BCUT2D eigenvalue weighted by atomic mass is 10.1. The summed E-state index contributed by atoms with van der Waals surface area (Å²) >= 11 is 3.08. The Morgan fingerprint density at radius 2 is 1.39 bits per heavy atom. The van der Waals surface area contributed by atoms with Gasteiger partial charge >= 0.3 is 0 Å². The maximum Gasteiger partial charge on any atom is 0.261 e. The molecule has 3 N–H and O–H groups in total. The number of carbonyl (C=O) groups is 1. The number of hydrogen-bond acceptors (Lipinski definition) is 7. The van der Waals surface area contributed by atoms with E-state index in [0.29, 0.717) is 18.7 Å². The van der Waals surface area contributed by atoms with Gasteiger partial charge in [0.1, 0.15) is 0 Å². The highest BCUT2D eigenvalue weighted by Gasteiger charge is 2.12. The standard InChI is InChI=1S/C34H32N4O3S3/c35-44(40,41)32-19-11-27(12-20-32)25-38(22-23-42-30-6-2-1-3-7-30)24-26-9-17-31(18-10-26)43-37-34(39)29-15-13-28(14-16-29)33-8-4-5-21-36-33/h1-21H,22-25H2,(H,37,39)(H2,35,40,41). The monoisotopic (exact) mass is 640 g/mol. The topological polar surface area (TPSA) is 105 Å². The Balaban J connectivity index is 1.18. The highest BCUT2D eigenvalue weighted by atomic mass is 32.2. The van der Waals surface area contributed by atoms with E-state index in [9.17, 15) is 13.2 Å². The van der Waals surface area contributed by atoms with Crippen LogP contribution in [0.15, 0.2) is 142 Å². The lowest BCUT2D eigenvalue weighted by Gasteiger charge is -2.23. The number of benzene rings is 4. The number of amides is 1. The summed E-state index contributed by atoms with van der Waals surface area (Å²) in [6.45, 7) is 2.21. The van der Waals surface area contributed by atoms with Crippen LogP contribution in [0.3, 0.4) is 0 Å². The van der Waals surface area contributed by atoms with Crippen LogP contribution < -0.4 is 9.86 Å². The van der Waals surface area contributed by atoms with Crippen LogP contribution in [-0.2, 0) is 23.1 Å². The Kier molecular flexibility index (Phi) is 10.9. The molecule has 5 aromatic rings. The average Bonchev–Trinajstić information content (AvgIpc) is 3.05. The zero-order chi connectivity index (χ0) is 30.8. The van der Waals surface area contributed by atoms with Crippen molar-refractivity contribution in [3.8, 4) is 11.3 Å². The highest BCUT2D eigenvalue weighted by molar-refractivity contribution is 7.99. The molecule has 1 aromatic heterocycles. The van der Waals surface area contributed by atoms with Crippen molar-refractivity contribution in [1.82, 2.24) is 14.6 Å². The predicted molar refractivity (Wildman–Crippen MR) is 179 cm³/mol. The summed E-state index contributed by atoms with van der Waals surface area (Å²) in [4.78, 5) is 21.7. The molecular weight excluding hydrogens is 609 g/mol. The first-order valence-corrected chi connectivity index (χ1v) is 17.3. The third-order valence-corrected chi connectivity index (χ3v) is 9.49. The summed E-state index contributed by atoms with van der Waals surface area (Å²) in [6, 6.07) is 38.3. The fraction of sp³-hybridized carbons (Fsp3) is 0.118. The second-order valence-corrected chi connectivity index (χ2v) is 13.6. The van der Waals surface area contributed by atoms with Crippen LogP contribution in [0.1, 0.15) is 21.5 Å². The minimum atomic E-state index is -3.73. The van der Waals surface area contributed by atoms with E-state index < -0.39 is 10.0 Å². The molecule has 0 bridgehead atoms. The molecule has 0 aliphatic heterocycles. The molecule has 0 aliphatic carbocycles. The number of thioether (sulfide) groups is 1. The molecule has 44 heavy (non-hydrogen) atoms. The molecule has 0 atom stereocenters. The van der Waals surface area contributed by atoms with Crippen molar-refractivity contribution < 1.29 is 13.2 Å². The minimum Gasteiger partial charge on any atom is -0.294 e. The molecule has 0 aliphatic rings. The number of nitrogens with two attached hydrogens (primary N) is 1. The Morgan fingerprint density at radius 3 is 2.00 bits per heavy atom. The zero-order valence-electron chi connectivity index (χ0n) is 23.9. The molecule has 1 amide bonds. The van der Waals surface area contributed by atoms with Crippen LogP contribution in [0.2, 0.25) is 0 Å². The van der Waals surface area contributed by atoms with Gasteiger partial charge in [-0.05, 0) is 83.7 Å². The van der Waals surface area contributed by atoms with E-state index in [1.807, 2.05) is 72.8 Å². The summed E-state index contributed by atoms with van der Waals surface area (Å²) < 4.78 is 26.3. The molecule has 224 valence electrons. The average molecular weight is 641 g/mol. The van der Waals surface area contributed by atoms with Crippen molar-refractivity contribution in [2.24, 2.45) is 5.14 Å². The second kappa shape index (κ2) is 15.2. The van der Waals surface area contributed by atoms with Crippen molar-refractivity contribution in [3.05, 3.63) is 144 Å². The molecule has 4 aromatic carbocycles. The van der Waals surface area contributed by atoms with E-state index in [1.165, 1.54) is 16.8 Å². The first-order chi connectivity index (χ1) is 21.3. The van der Waals surface area contributed by atoms with Crippen LogP contribution >= 0.6 is 23.7 Å². The molecular formula is C34H32N4O3S3. The Bertz CT molecular complexity index is 1750. The van der Waals surface area contributed by atoms with Crippen LogP contribution in [0.25, 0.3) is 11.3 Å². The third-order valence-electron chi connectivity index (χ3n) is 6.78. The van der Waals surface area contributed by atoms with E-state index in [1.54, 1.807) is 42.2 Å². The van der Waals surface area contributed by atoms with Crippen LogP contribution in [-0.4, -0.2) is 36.5 Å². The van der Waals surface area contributed by atoms with Gasteiger partial charge < -0.3 is 0 Å². The Hall–Kier alpha value is -3.93. The van der Waals surface area contributed by atoms with Crippen molar-refractivity contribution in [2.45, 2.75) is 27.8 Å². The second-order valence-electron chi connectivity index (χ2n) is 10.0. The summed E-state index contributed by atoms with van der Waals surface area (Å²) in [6.07, 6.45) is 1.75. The van der Waals surface area contributed by atoms with Gasteiger partial charge in [-0.1, -0.05) is 60.7 Å². The van der Waals surface area contributed by atoms with Gasteiger partial charge in [0.2, 0.25) is 10.0 Å². The number of sulfonamides is 1. The van der Waals surface area contributed by atoms with Gasteiger partial charge in [-0.25, -0.2) is 13.6 Å². The number of primary sulfonamides is 1. The fourth-order valence-electron chi connectivity index (χ4n) is 4.48. The van der Waals surface area contributed by atoms with Gasteiger partial charge in [-0.3, -0.25) is 19.4 Å². The molecule has 10 heteroatoms. The fourth-order valence-corrected chi connectivity index (χ4v) is 6.53. The number of rotatable bonds is 13. The molecule has 5 rings (SSSR count).